The predicted molar refractivity (Wildman–Crippen MR) is 111 cm³/mol. The largest absolute Gasteiger partial charge is 0.417 e. The Morgan fingerprint density at radius 3 is 2.45 bits per heavy atom. The number of carbonyl (C=O) groups is 1. The van der Waals surface area contributed by atoms with Gasteiger partial charge in [-0.2, -0.15) is 13.2 Å². The van der Waals surface area contributed by atoms with Gasteiger partial charge in [-0.05, 0) is 42.0 Å². The molecule has 0 saturated heterocycles. The normalized spacial score (nSPS) is 11.5. The number of hydrogen-bond acceptors (Lipinski definition) is 5. The van der Waals surface area contributed by atoms with E-state index >= 15 is 0 Å². The number of aromatic nitrogens is 1. The van der Waals surface area contributed by atoms with Gasteiger partial charge in [0.15, 0.2) is 0 Å². The summed E-state index contributed by atoms with van der Waals surface area (Å²) in [5.74, 6) is -0.443. The molecule has 0 aliphatic heterocycles. The molecule has 0 fully saturated rings. The van der Waals surface area contributed by atoms with Gasteiger partial charge in [-0.15, -0.1) is 0 Å². The van der Waals surface area contributed by atoms with Gasteiger partial charge in [0.1, 0.15) is 5.03 Å². The van der Waals surface area contributed by atoms with Crippen LogP contribution < -0.4 is 5.32 Å². The Morgan fingerprint density at radius 1 is 1.10 bits per heavy atom. The molecule has 31 heavy (non-hydrogen) atoms. The highest BCUT2D eigenvalue weighted by atomic mass is 32.2. The Labute approximate surface area is 179 Å². The number of benzene rings is 2. The Morgan fingerprint density at radius 2 is 1.84 bits per heavy atom. The van der Waals surface area contributed by atoms with Crippen molar-refractivity contribution in [3.05, 3.63) is 94.2 Å². The van der Waals surface area contributed by atoms with Crippen molar-refractivity contribution in [1.29, 1.82) is 0 Å². The lowest BCUT2D eigenvalue weighted by Crippen LogP contribution is -2.07. The first-order chi connectivity index (χ1) is 14.7. The third-order valence-corrected chi connectivity index (χ3v) is 4.98. The summed E-state index contributed by atoms with van der Waals surface area (Å²) in [6, 6.07) is 14.8. The first-order valence-electron chi connectivity index (χ1n) is 8.76. The Kier molecular flexibility index (Phi) is 6.71. The quantitative estimate of drug-likeness (QED) is 0.294. The summed E-state index contributed by atoms with van der Waals surface area (Å²) in [6.45, 7) is 0. The monoisotopic (exact) mass is 445 g/mol. The minimum Gasteiger partial charge on any atom is -0.323 e. The minimum absolute atomic E-state index is 0.187. The molecule has 0 radical (unpaired) electrons. The summed E-state index contributed by atoms with van der Waals surface area (Å²) in [5, 5.41) is 14.0. The molecule has 1 N–H and O–H groups in total. The molecule has 0 aliphatic rings. The fourth-order valence-corrected chi connectivity index (χ4v) is 3.31. The molecule has 0 aliphatic carbocycles. The lowest BCUT2D eigenvalue weighted by molar-refractivity contribution is -0.384. The summed E-state index contributed by atoms with van der Waals surface area (Å²) in [7, 11) is 0. The van der Waals surface area contributed by atoms with Crippen molar-refractivity contribution in [2.24, 2.45) is 0 Å². The van der Waals surface area contributed by atoms with Crippen LogP contribution in [-0.2, 0) is 11.0 Å². The standard InChI is InChI=1S/C21H14F3N3O3S/c22-21(23,24)15-7-11-20(25-13-15)31-18-9-8-17(27(29)30)12-14(18)6-10-19(28)26-16-4-2-1-3-5-16/h1-13H,(H,26,28)/b10-6+. The molecule has 0 bridgehead atoms. The number of nitrogens with zero attached hydrogens (tertiary/aromatic N) is 2. The van der Waals surface area contributed by atoms with Crippen LogP contribution >= 0.6 is 11.8 Å². The van der Waals surface area contributed by atoms with Crippen LogP contribution in [0.15, 0.2) is 82.9 Å². The second kappa shape index (κ2) is 9.43. The summed E-state index contributed by atoms with van der Waals surface area (Å²) >= 11 is 1.03. The number of halogens is 3. The molecule has 2 aromatic carbocycles. The maximum Gasteiger partial charge on any atom is 0.417 e. The summed E-state index contributed by atoms with van der Waals surface area (Å²) < 4.78 is 38.1. The molecule has 1 amide bonds. The number of para-hydroxylation sites is 1. The lowest BCUT2D eigenvalue weighted by atomic mass is 10.2. The topological polar surface area (TPSA) is 85.1 Å². The van der Waals surface area contributed by atoms with Gasteiger partial charge in [-0.3, -0.25) is 14.9 Å². The van der Waals surface area contributed by atoms with Gasteiger partial charge in [0.25, 0.3) is 5.69 Å². The summed E-state index contributed by atoms with van der Waals surface area (Å²) in [6.07, 6.45) is -1.16. The average molecular weight is 445 g/mol. The van der Waals surface area contributed by atoms with Crippen molar-refractivity contribution >= 4 is 35.1 Å². The number of anilines is 1. The molecule has 10 heteroatoms. The van der Waals surface area contributed by atoms with Crippen LogP contribution in [0.2, 0.25) is 0 Å². The number of nitrogens with one attached hydrogen (secondary N) is 1. The Balaban J connectivity index is 1.83. The van der Waals surface area contributed by atoms with Gasteiger partial charge in [0.05, 0.1) is 10.5 Å². The first kappa shape index (κ1) is 22.0. The highest BCUT2D eigenvalue weighted by molar-refractivity contribution is 7.99. The molecule has 1 heterocycles. The Bertz CT molecular complexity index is 1120. The van der Waals surface area contributed by atoms with Gasteiger partial charge in [0, 0.05) is 35.0 Å². The maximum absolute atomic E-state index is 12.7. The van der Waals surface area contributed by atoms with Gasteiger partial charge < -0.3 is 5.32 Å². The zero-order valence-electron chi connectivity index (χ0n) is 15.7. The van der Waals surface area contributed by atoms with E-state index in [1.54, 1.807) is 30.3 Å². The molecule has 3 rings (SSSR count). The van der Waals surface area contributed by atoms with Crippen molar-refractivity contribution in [1.82, 2.24) is 4.98 Å². The number of nitro benzene ring substituents is 1. The number of nitro groups is 1. The number of carbonyl (C=O) groups excluding carboxylic acids is 1. The van der Waals surface area contributed by atoms with Crippen molar-refractivity contribution in [2.75, 3.05) is 5.32 Å². The number of pyridine rings is 1. The second-order valence-electron chi connectivity index (χ2n) is 6.15. The highest BCUT2D eigenvalue weighted by Crippen LogP contribution is 2.34. The fourth-order valence-electron chi connectivity index (χ4n) is 2.46. The number of non-ortho nitro benzene ring substituents is 1. The van der Waals surface area contributed by atoms with E-state index in [2.05, 4.69) is 10.3 Å². The number of rotatable bonds is 6. The van der Waals surface area contributed by atoms with E-state index in [4.69, 9.17) is 0 Å². The summed E-state index contributed by atoms with van der Waals surface area (Å²) in [4.78, 5) is 27.0. The third kappa shape index (κ3) is 6.16. The van der Waals surface area contributed by atoms with Gasteiger partial charge in [-0.1, -0.05) is 30.0 Å². The first-order valence-corrected chi connectivity index (χ1v) is 9.58. The number of alkyl halides is 3. The molecule has 0 unspecified atom stereocenters. The molecule has 3 aromatic rings. The average Bonchev–Trinajstić information content (AvgIpc) is 2.73. The molecule has 0 atom stereocenters. The SMILES string of the molecule is O=C(/C=C/c1cc([N+](=O)[O-])ccc1Sc1ccc(C(F)(F)F)cn1)Nc1ccccc1. The molecule has 6 nitrogen and oxygen atoms in total. The predicted octanol–water partition coefficient (Wildman–Crippen LogP) is 5.81. The van der Waals surface area contributed by atoms with Crippen LogP contribution in [0.25, 0.3) is 6.08 Å². The van der Waals surface area contributed by atoms with E-state index in [9.17, 15) is 28.1 Å². The van der Waals surface area contributed by atoms with Crippen molar-refractivity contribution in [3.63, 3.8) is 0 Å². The van der Waals surface area contributed by atoms with Crippen LogP contribution in [0.3, 0.4) is 0 Å². The van der Waals surface area contributed by atoms with Crippen LogP contribution in [0.5, 0.6) is 0 Å². The number of hydrogen-bond donors (Lipinski definition) is 1. The fraction of sp³-hybridized carbons (Fsp3) is 0.0476. The Hall–Kier alpha value is -3.66. The smallest absolute Gasteiger partial charge is 0.323 e. The molecular weight excluding hydrogens is 431 g/mol. The molecule has 0 spiro atoms. The van der Waals surface area contributed by atoms with E-state index in [-0.39, 0.29) is 10.7 Å². The number of amides is 1. The molecule has 0 saturated carbocycles. The van der Waals surface area contributed by atoms with Crippen LogP contribution in [0.4, 0.5) is 24.5 Å². The van der Waals surface area contributed by atoms with Crippen molar-refractivity contribution < 1.29 is 22.9 Å². The van der Waals surface area contributed by atoms with Gasteiger partial charge in [-0.25, -0.2) is 4.98 Å². The molecule has 158 valence electrons. The third-order valence-electron chi connectivity index (χ3n) is 3.94. The highest BCUT2D eigenvalue weighted by Gasteiger charge is 2.30. The minimum atomic E-state index is -4.50. The van der Waals surface area contributed by atoms with Gasteiger partial charge in [0.2, 0.25) is 5.91 Å². The van der Waals surface area contributed by atoms with Crippen LogP contribution in [0, 0.1) is 10.1 Å². The van der Waals surface area contributed by atoms with E-state index < -0.39 is 22.6 Å². The van der Waals surface area contributed by atoms with E-state index in [1.165, 1.54) is 36.4 Å². The molecular formula is C21H14F3N3O3S. The maximum atomic E-state index is 12.7. The second-order valence-corrected chi connectivity index (χ2v) is 7.22. The summed E-state index contributed by atoms with van der Waals surface area (Å²) in [5.41, 5.74) is -0.130. The van der Waals surface area contributed by atoms with E-state index in [0.717, 1.165) is 24.0 Å². The van der Waals surface area contributed by atoms with Crippen molar-refractivity contribution in [2.45, 2.75) is 16.1 Å². The van der Waals surface area contributed by atoms with Crippen molar-refractivity contribution in [3.8, 4) is 0 Å². The van der Waals surface area contributed by atoms with E-state index in [0.29, 0.717) is 16.1 Å². The van der Waals surface area contributed by atoms with Gasteiger partial charge >= 0.3 is 6.18 Å². The van der Waals surface area contributed by atoms with Crippen LogP contribution in [0.1, 0.15) is 11.1 Å². The van der Waals surface area contributed by atoms with Crippen LogP contribution in [-0.4, -0.2) is 15.8 Å². The zero-order valence-corrected chi connectivity index (χ0v) is 16.5. The lowest BCUT2D eigenvalue weighted by Gasteiger charge is -2.08. The molecule has 1 aromatic heterocycles. The zero-order chi connectivity index (χ0) is 22.4. The van der Waals surface area contributed by atoms with E-state index in [1.807, 2.05) is 0 Å².